The molecule has 0 saturated carbocycles. The lowest BCUT2D eigenvalue weighted by Gasteiger charge is -2.24. The molecule has 110 valence electrons. The molecule has 2 amide bonds. The van der Waals surface area contributed by atoms with Crippen molar-refractivity contribution in [2.24, 2.45) is 11.7 Å². The van der Waals surface area contributed by atoms with E-state index in [0.29, 0.717) is 24.5 Å². The van der Waals surface area contributed by atoms with Crippen molar-refractivity contribution in [1.29, 1.82) is 5.41 Å². The lowest BCUT2D eigenvalue weighted by Crippen LogP contribution is -2.40. The molecule has 0 spiro atoms. The molecule has 1 aromatic carbocycles. The summed E-state index contributed by atoms with van der Waals surface area (Å²) in [5.74, 6) is 0.603. The van der Waals surface area contributed by atoms with Gasteiger partial charge in [0.25, 0.3) is 0 Å². The number of nitrogens with zero attached hydrogens (tertiary/aromatic N) is 1. The maximum atomic E-state index is 12.2. The summed E-state index contributed by atoms with van der Waals surface area (Å²) in [5.41, 5.74) is 6.11. The number of benzene rings is 1. The van der Waals surface area contributed by atoms with Crippen LogP contribution < -0.4 is 15.8 Å². The molecule has 0 radical (unpaired) electrons. The number of anilines is 1. The number of carbonyl (C=O) groups is 1. The van der Waals surface area contributed by atoms with Gasteiger partial charge in [0.2, 0.25) is 0 Å². The monoisotopic (exact) mass is 278 g/mol. The molecule has 0 saturated heterocycles. The Labute approximate surface area is 119 Å². The number of methoxy groups -OCH3 is 1. The van der Waals surface area contributed by atoms with Gasteiger partial charge in [0.15, 0.2) is 0 Å². The number of carbonyl (C=O) groups excluding carboxylic acids is 1. The number of urea groups is 1. The third-order valence-electron chi connectivity index (χ3n) is 3.02. The summed E-state index contributed by atoms with van der Waals surface area (Å²) in [6, 6.07) is 6.95. The zero-order chi connectivity index (χ0) is 15.1. The largest absolute Gasteiger partial charge is 0.497 e. The van der Waals surface area contributed by atoms with Crippen molar-refractivity contribution in [2.75, 3.05) is 25.5 Å². The van der Waals surface area contributed by atoms with E-state index in [4.69, 9.17) is 15.9 Å². The van der Waals surface area contributed by atoms with E-state index in [-0.39, 0.29) is 17.8 Å². The molecule has 0 aliphatic carbocycles. The van der Waals surface area contributed by atoms with Crippen LogP contribution in [0, 0.1) is 11.3 Å². The Hall–Kier alpha value is -2.24. The minimum atomic E-state index is -0.214. The van der Waals surface area contributed by atoms with E-state index in [2.05, 4.69) is 5.32 Å². The van der Waals surface area contributed by atoms with Gasteiger partial charge in [-0.3, -0.25) is 5.41 Å². The molecule has 6 nitrogen and oxygen atoms in total. The summed E-state index contributed by atoms with van der Waals surface area (Å²) >= 11 is 0. The molecular formula is C14H22N4O2. The Balaban J connectivity index is 2.69. The van der Waals surface area contributed by atoms with Crippen molar-refractivity contribution >= 4 is 17.6 Å². The molecule has 1 atom stereocenters. The average molecular weight is 278 g/mol. The minimum absolute atomic E-state index is 0.0811. The lowest BCUT2D eigenvalue weighted by molar-refractivity contribution is 0.211. The van der Waals surface area contributed by atoms with E-state index in [1.165, 1.54) is 0 Å². The smallest absolute Gasteiger partial charge is 0.321 e. The van der Waals surface area contributed by atoms with Gasteiger partial charge in [-0.1, -0.05) is 13.0 Å². The number of nitrogens with two attached hydrogens (primary N) is 1. The summed E-state index contributed by atoms with van der Waals surface area (Å²) in [7, 11) is 1.58. The summed E-state index contributed by atoms with van der Waals surface area (Å²) in [4.78, 5) is 13.8. The van der Waals surface area contributed by atoms with Gasteiger partial charge in [0.05, 0.1) is 12.9 Å². The predicted molar refractivity (Wildman–Crippen MR) is 80.3 cm³/mol. The van der Waals surface area contributed by atoms with Crippen LogP contribution in [0.25, 0.3) is 0 Å². The number of hydrogen-bond acceptors (Lipinski definition) is 3. The fraction of sp³-hybridized carbons (Fsp3) is 0.429. The molecule has 0 aromatic heterocycles. The van der Waals surface area contributed by atoms with Crippen LogP contribution in [0.2, 0.25) is 0 Å². The van der Waals surface area contributed by atoms with Crippen molar-refractivity contribution < 1.29 is 9.53 Å². The molecule has 0 aliphatic heterocycles. The highest BCUT2D eigenvalue weighted by atomic mass is 16.5. The quantitative estimate of drug-likeness (QED) is 0.550. The molecule has 1 aromatic rings. The minimum Gasteiger partial charge on any atom is -0.497 e. The molecule has 0 heterocycles. The topological polar surface area (TPSA) is 91.4 Å². The zero-order valence-electron chi connectivity index (χ0n) is 12.1. The molecule has 6 heteroatoms. The number of ether oxygens (including phenoxy) is 1. The van der Waals surface area contributed by atoms with E-state index in [1.807, 2.05) is 26.0 Å². The maximum Gasteiger partial charge on any atom is 0.321 e. The van der Waals surface area contributed by atoms with Crippen LogP contribution in [0.5, 0.6) is 5.75 Å². The molecule has 0 bridgehead atoms. The highest BCUT2D eigenvalue weighted by Crippen LogP contribution is 2.17. The molecule has 20 heavy (non-hydrogen) atoms. The molecular weight excluding hydrogens is 256 g/mol. The second-order valence-corrected chi connectivity index (χ2v) is 4.56. The van der Waals surface area contributed by atoms with Gasteiger partial charge in [0, 0.05) is 30.8 Å². The Morgan fingerprint density at radius 3 is 2.80 bits per heavy atom. The van der Waals surface area contributed by atoms with E-state index < -0.39 is 0 Å². The van der Waals surface area contributed by atoms with Crippen molar-refractivity contribution in [3.8, 4) is 5.75 Å². The van der Waals surface area contributed by atoms with E-state index in [1.54, 1.807) is 24.1 Å². The highest BCUT2D eigenvalue weighted by Gasteiger charge is 2.16. The molecule has 4 N–H and O–H groups in total. The number of hydrogen-bond donors (Lipinski definition) is 3. The predicted octanol–water partition coefficient (Wildman–Crippen LogP) is 2.12. The second kappa shape index (κ2) is 7.37. The zero-order valence-corrected chi connectivity index (χ0v) is 12.1. The third kappa shape index (κ3) is 4.46. The van der Waals surface area contributed by atoms with Crippen LogP contribution in [0.15, 0.2) is 24.3 Å². The normalized spacial score (nSPS) is 11.6. The SMILES string of the molecule is CCN(CC(C)C(=N)N)C(=O)Nc1cccc(OC)c1. The second-order valence-electron chi connectivity index (χ2n) is 4.56. The van der Waals surface area contributed by atoms with E-state index >= 15 is 0 Å². The number of rotatable bonds is 6. The summed E-state index contributed by atoms with van der Waals surface area (Å²) in [6.45, 7) is 4.68. The summed E-state index contributed by atoms with van der Waals surface area (Å²) in [6.07, 6.45) is 0. The summed E-state index contributed by atoms with van der Waals surface area (Å²) < 4.78 is 5.11. The van der Waals surface area contributed by atoms with Gasteiger partial charge in [-0.15, -0.1) is 0 Å². The number of amidine groups is 1. The molecule has 0 fully saturated rings. The van der Waals surface area contributed by atoms with Gasteiger partial charge in [-0.2, -0.15) is 0 Å². The van der Waals surface area contributed by atoms with Gasteiger partial charge in [0.1, 0.15) is 5.75 Å². The van der Waals surface area contributed by atoms with Crippen LogP contribution in [0.1, 0.15) is 13.8 Å². The highest BCUT2D eigenvalue weighted by molar-refractivity contribution is 5.90. The van der Waals surface area contributed by atoms with E-state index in [9.17, 15) is 4.79 Å². The van der Waals surface area contributed by atoms with Crippen molar-refractivity contribution in [2.45, 2.75) is 13.8 Å². The van der Waals surface area contributed by atoms with Crippen molar-refractivity contribution in [1.82, 2.24) is 4.90 Å². The van der Waals surface area contributed by atoms with Gasteiger partial charge in [-0.25, -0.2) is 4.79 Å². The lowest BCUT2D eigenvalue weighted by atomic mass is 10.1. The Morgan fingerprint density at radius 2 is 2.25 bits per heavy atom. The van der Waals surface area contributed by atoms with E-state index in [0.717, 1.165) is 0 Å². The first-order valence-electron chi connectivity index (χ1n) is 6.51. The first kappa shape index (κ1) is 15.8. The Morgan fingerprint density at radius 1 is 1.55 bits per heavy atom. The van der Waals surface area contributed by atoms with Crippen LogP contribution in [-0.2, 0) is 0 Å². The van der Waals surface area contributed by atoms with Crippen LogP contribution >= 0.6 is 0 Å². The average Bonchev–Trinajstić information content (AvgIpc) is 2.44. The molecule has 1 unspecified atom stereocenters. The third-order valence-corrected chi connectivity index (χ3v) is 3.02. The first-order chi connectivity index (χ1) is 9.47. The van der Waals surface area contributed by atoms with Gasteiger partial charge < -0.3 is 20.7 Å². The fourth-order valence-electron chi connectivity index (χ4n) is 1.69. The van der Waals surface area contributed by atoms with Gasteiger partial charge >= 0.3 is 6.03 Å². The first-order valence-corrected chi connectivity index (χ1v) is 6.51. The van der Waals surface area contributed by atoms with Crippen LogP contribution in [0.4, 0.5) is 10.5 Å². The van der Waals surface area contributed by atoms with Crippen molar-refractivity contribution in [3.05, 3.63) is 24.3 Å². The molecule has 0 aliphatic rings. The Bertz CT molecular complexity index is 476. The van der Waals surface area contributed by atoms with Gasteiger partial charge in [-0.05, 0) is 19.1 Å². The summed E-state index contributed by atoms with van der Waals surface area (Å²) in [5, 5.41) is 10.2. The van der Waals surface area contributed by atoms with Crippen LogP contribution in [-0.4, -0.2) is 37.0 Å². The number of nitrogens with one attached hydrogen (secondary N) is 2. The van der Waals surface area contributed by atoms with Crippen molar-refractivity contribution in [3.63, 3.8) is 0 Å². The number of amides is 2. The maximum absolute atomic E-state index is 12.2. The standard InChI is InChI=1S/C14H22N4O2/c1-4-18(9-10(2)13(15)16)14(19)17-11-6-5-7-12(8-11)20-3/h5-8,10H,4,9H2,1-3H3,(H3,15,16)(H,17,19). The molecule has 1 rings (SSSR count). The fourth-order valence-corrected chi connectivity index (χ4v) is 1.69. The Kier molecular flexibility index (Phi) is 5.83. The van der Waals surface area contributed by atoms with Crippen LogP contribution in [0.3, 0.4) is 0 Å².